The molecule has 1 aliphatic heterocycles. The molecule has 0 saturated carbocycles. The molecule has 1 atom stereocenters. The van der Waals surface area contributed by atoms with Crippen LogP contribution in [0.15, 0.2) is 41.3 Å². The van der Waals surface area contributed by atoms with E-state index in [1.165, 1.54) is 4.90 Å². The molecule has 0 spiro atoms. The van der Waals surface area contributed by atoms with E-state index in [1.54, 1.807) is 30.8 Å². The molecule has 2 N–H and O–H groups in total. The van der Waals surface area contributed by atoms with Gasteiger partial charge in [0.15, 0.2) is 5.76 Å². The molecule has 2 aromatic heterocycles. The van der Waals surface area contributed by atoms with Crippen LogP contribution < -0.4 is 5.73 Å². The van der Waals surface area contributed by atoms with Crippen LogP contribution in [0.2, 0.25) is 0 Å². The van der Waals surface area contributed by atoms with Crippen molar-refractivity contribution >= 4 is 11.9 Å². The first-order chi connectivity index (χ1) is 10.7. The number of anilines is 1. The van der Waals surface area contributed by atoms with Gasteiger partial charge in [-0.25, -0.2) is 14.4 Å². The van der Waals surface area contributed by atoms with Crippen LogP contribution in [0.5, 0.6) is 0 Å². The molecule has 1 aliphatic rings. The predicted octanol–water partition coefficient (Wildman–Crippen LogP) is 2.12. The number of nitrogens with two attached hydrogens (primary N) is 1. The average molecular weight is 302 g/mol. The van der Waals surface area contributed by atoms with Gasteiger partial charge in [0.2, 0.25) is 11.9 Å². The third-order valence-electron chi connectivity index (χ3n) is 3.53. The zero-order chi connectivity index (χ0) is 15.5. The summed E-state index contributed by atoms with van der Waals surface area (Å²) in [5.74, 6) is 0.382. The van der Waals surface area contributed by atoms with Gasteiger partial charge in [-0.3, -0.25) is 4.79 Å². The lowest BCUT2D eigenvalue weighted by atomic mass is 9.92. The van der Waals surface area contributed by atoms with Crippen LogP contribution in [0.4, 0.5) is 10.3 Å². The second-order valence-corrected chi connectivity index (χ2v) is 4.94. The molecule has 0 bridgehead atoms. The fourth-order valence-electron chi connectivity index (χ4n) is 2.46. The van der Waals surface area contributed by atoms with E-state index in [1.807, 2.05) is 6.08 Å². The predicted molar refractivity (Wildman–Crippen MR) is 78.3 cm³/mol. The molecule has 6 nitrogen and oxygen atoms in total. The Kier molecular flexibility index (Phi) is 3.86. The number of aromatic nitrogens is 2. The number of allylic oxidation sites excluding steroid dienone is 1. The number of hydrogen-bond donors (Lipinski definition) is 1. The van der Waals surface area contributed by atoms with Gasteiger partial charge in [-0.05, 0) is 12.1 Å². The standard InChI is InChI=1S/C15H15FN4O2/c16-4-6-20-5-3-10(8-13(20)21)11-9-18-15(17)19-14(11)12-2-1-7-22-12/h1-3,5,7,9-10H,4,6,8H2,(H2,17,18,19). The summed E-state index contributed by atoms with van der Waals surface area (Å²) in [4.78, 5) is 21.7. The Morgan fingerprint density at radius 2 is 2.36 bits per heavy atom. The second-order valence-electron chi connectivity index (χ2n) is 4.94. The molecule has 0 fully saturated rings. The zero-order valence-corrected chi connectivity index (χ0v) is 11.8. The molecule has 0 radical (unpaired) electrons. The first-order valence-corrected chi connectivity index (χ1v) is 6.89. The normalized spacial score (nSPS) is 18.0. The van der Waals surface area contributed by atoms with Crippen LogP contribution in [-0.4, -0.2) is 34.0 Å². The Bertz CT molecular complexity index is 700. The summed E-state index contributed by atoms with van der Waals surface area (Å²) >= 11 is 0. The van der Waals surface area contributed by atoms with Crippen molar-refractivity contribution in [2.24, 2.45) is 0 Å². The number of nitrogen functional groups attached to an aromatic ring is 1. The van der Waals surface area contributed by atoms with Gasteiger partial charge in [0.25, 0.3) is 0 Å². The van der Waals surface area contributed by atoms with E-state index >= 15 is 0 Å². The molecule has 3 rings (SSSR count). The van der Waals surface area contributed by atoms with Crippen LogP contribution >= 0.6 is 0 Å². The van der Waals surface area contributed by atoms with Crippen LogP contribution in [0.25, 0.3) is 11.5 Å². The lowest BCUT2D eigenvalue weighted by Crippen LogP contribution is -2.32. The summed E-state index contributed by atoms with van der Waals surface area (Å²) in [5, 5.41) is 0. The summed E-state index contributed by atoms with van der Waals surface area (Å²) in [5.41, 5.74) is 6.98. The Balaban J connectivity index is 1.96. The molecule has 0 aromatic carbocycles. The number of rotatable bonds is 4. The molecular formula is C15H15FN4O2. The molecule has 114 valence electrons. The largest absolute Gasteiger partial charge is 0.463 e. The molecule has 1 unspecified atom stereocenters. The minimum atomic E-state index is -0.566. The minimum absolute atomic E-state index is 0.0747. The summed E-state index contributed by atoms with van der Waals surface area (Å²) in [7, 11) is 0. The maximum atomic E-state index is 12.4. The van der Waals surface area contributed by atoms with Crippen molar-refractivity contribution in [3.8, 4) is 11.5 Å². The molecule has 2 aromatic rings. The molecular weight excluding hydrogens is 287 g/mol. The highest BCUT2D eigenvalue weighted by Crippen LogP contribution is 2.33. The first kappa shape index (κ1) is 14.2. The van der Waals surface area contributed by atoms with E-state index in [0.29, 0.717) is 11.5 Å². The van der Waals surface area contributed by atoms with Gasteiger partial charge in [0.1, 0.15) is 12.4 Å². The van der Waals surface area contributed by atoms with E-state index in [-0.39, 0.29) is 30.7 Å². The van der Waals surface area contributed by atoms with E-state index in [0.717, 1.165) is 5.56 Å². The lowest BCUT2D eigenvalue weighted by molar-refractivity contribution is -0.129. The Labute approximate surface area is 126 Å². The van der Waals surface area contributed by atoms with Gasteiger partial charge in [-0.2, -0.15) is 0 Å². The third kappa shape index (κ3) is 2.69. The topological polar surface area (TPSA) is 85.2 Å². The Hall–Kier alpha value is -2.70. The number of hydrogen-bond acceptors (Lipinski definition) is 5. The molecule has 0 saturated heterocycles. The van der Waals surface area contributed by atoms with E-state index in [4.69, 9.17) is 10.2 Å². The molecule has 7 heteroatoms. The van der Waals surface area contributed by atoms with Gasteiger partial charge in [-0.15, -0.1) is 0 Å². The fourth-order valence-corrected chi connectivity index (χ4v) is 2.46. The van der Waals surface area contributed by atoms with E-state index in [2.05, 4.69) is 9.97 Å². The molecule has 0 aliphatic carbocycles. The fraction of sp³-hybridized carbons (Fsp3) is 0.267. The summed E-state index contributed by atoms with van der Waals surface area (Å²) in [6.45, 7) is -0.491. The van der Waals surface area contributed by atoms with E-state index < -0.39 is 6.67 Å². The summed E-state index contributed by atoms with van der Waals surface area (Å²) < 4.78 is 17.8. The average Bonchev–Trinajstić information content (AvgIpc) is 3.04. The molecule has 1 amide bonds. The van der Waals surface area contributed by atoms with Crippen LogP contribution in [0.3, 0.4) is 0 Å². The summed E-state index contributed by atoms with van der Waals surface area (Å²) in [6, 6.07) is 3.53. The Morgan fingerprint density at radius 1 is 1.50 bits per heavy atom. The van der Waals surface area contributed by atoms with Crippen molar-refractivity contribution in [1.29, 1.82) is 0 Å². The Morgan fingerprint density at radius 3 is 3.05 bits per heavy atom. The SMILES string of the molecule is Nc1ncc(C2C=CN(CCF)C(=O)C2)c(-c2ccco2)n1. The number of halogens is 1. The van der Waals surface area contributed by atoms with Gasteiger partial charge in [-0.1, -0.05) is 6.08 Å². The summed E-state index contributed by atoms with van der Waals surface area (Å²) in [6.07, 6.45) is 6.84. The smallest absolute Gasteiger partial charge is 0.227 e. The van der Waals surface area contributed by atoms with Crippen molar-refractivity contribution in [3.63, 3.8) is 0 Å². The van der Waals surface area contributed by atoms with Crippen molar-refractivity contribution < 1.29 is 13.6 Å². The van der Waals surface area contributed by atoms with E-state index in [9.17, 15) is 9.18 Å². The van der Waals surface area contributed by atoms with Crippen molar-refractivity contribution in [1.82, 2.24) is 14.9 Å². The quantitative estimate of drug-likeness (QED) is 0.935. The number of alkyl halides is 1. The van der Waals surface area contributed by atoms with Gasteiger partial charge >= 0.3 is 0 Å². The van der Waals surface area contributed by atoms with Gasteiger partial charge in [0.05, 0.1) is 12.8 Å². The number of nitrogens with zero attached hydrogens (tertiary/aromatic N) is 3. The minimum Gasteiger partial charge on any atom is -0.463 e. The lowest BCUT2D eigenvalue weighted by Gasteiger charge is -2.25. The maximum absolute atomic E-state index is 12.4. The number of furan rings is 1. The van der Waals surface area contributed by atoms with Gasteiger partial charge in [0, 0.05) is 30.3 Å². The van der Waals surface area contributed by atoms with Crippen LogP contribution in [0, 0.1) is 0 Å². The monoisotopic (exact) mass is 302 g/mol. The highest BCUT2D eigenvalue weighted by atomic mass is 19.1. The van der Waals surface area contributed by atoms with Crippen LogP contribution in [-0.2, 0) is 4.79 Å². The zero-order valence-electron chi connectivity index (χ0n) is 11.8. The molecule has 3 heterocycles. The van der Waals surface area contributed by atoms with Crippen molar-refractivity contribution in [3.05, 3.63) is 42.4 Å². The van der Waals surface area contributed by atoms with Crippen LogP contribution in [0.1, 0.15) is 17.9 Å². The maximum Gasteiger partial charge on any atom is 0.227 e. The number of amides is 1. The third-order valence-corrected chi connectivity index (χ3v) is 3.53. The highest BCUT2D eigenvalue weighted by molar-refractivity contribution is 5.80. The van der Waals surface area contributed by atoms with Gasteiger partial charge < -0.3 is 15.1 Å². The molecule has 22 heavy (non-hydrogen) atoms. The first-order valence-electron chi connectivity index (χ1n) is 6.89. The number of carbonyl (C=O) groups is 1. The number of carbonyl (C=O) groups excluding carboxylic acids is 1. The highest BCUT2D eigenvalue weighted by Gasteiger charge is 2.26. The van der Waals surface area contributed by atoms with Crippen molar-refractivity contribution in [2.45, 2.75) is 12.3 Å². The second kappa shape index (κ2) is 5.97. The van der Waals surface area contributed by atoms with Crippen molar-refractivity contribution in [2.75, 3.05) is 19.0 Å².